The van der Waals surface area contributed by atoms with Gasteiger partial charge in [0.25, 0.3) is 0 Å². The van der Waals surface area contributed by atoms with Crippen LogP contribution in [-0.2, 0) is 6.18 Å². The Morgan fingerprint density at radius 2 is 1.64 bits per heavy atom. The monoisotopic (exact) mass is 317 g/mol. The van der Waals surface area contributed by atoms with Crippen LogP contribution in [0.4, 0.5) is 18.9 Å². The highest BCUT2D eigenvalue weighted by atomic mass is 19.4. The third-order valence-corrected chi connectivity index (χ3v) is 3.76. The summed E-state index contributed by atoms with van der Waals surface area (Å²) in [5, 5.41) is 9.49. The Morgan fingerprint density at radius 3 is 2.09 bits per heavy atom. The summed E-state index contributed by atoms with van der Waals surface area (Å²) in [5.41, 5.74) is 0.709. The summed E-state index contributed by atoms with van der Waals surface area (Å²) in [6, 6.07) is 4.27. The van der Waals surface area contributed by atoms with Crippen molar-refractivity contribution in [3.05, 3.63) is 29.3 Å². The zero-order chi connectivity index (χ0) is 16.9. The first-order chi connectivity index (χ1) is 10.3. The standard InChI is InChI=1S/C15H20F3NO.C2H6/c1-10(2)11-7-12(15(16,17)18)9-13(8-11)19-5-3-14(20)4-6-19;1-2/h7-10,14,20H,3-6H2,1-2H3;1-2H3. The van der Waals surface area contributed by atoms with Crippen molar-refractivity contribution in [1.82, 2.24) is 0 Å². The Hall–Kier alpha value is -1.23. The molecule has 0 bridgehead atoms. The van der Waals surface area contributed by atoms with Gasteiger partial charge < -0.3 is 10.0 Å². The maximum atomic E-state index is 13.0. The van der Waals surface area contributed by atoms with Gasteiger partial charge in [0.05, 0.1) is 11.7 Å². The minimum atomic E-state index is -4.32. The summed E-state index contributed by atoms with van der Waals surface area (Å²) in [7, 11) is 0. The Morgan fingerprint density at radius 1 is 1.09 bits per heavy atom. The highest BCUT2D eigenvalue weighted by Gasteiger charge is 2.32. The molecule has 1 saturated heterocycles. The van der Waals surface area contributed by atoms with Gasteiger partial charge in [-0.15, -0.1) is 0 Å². The van der Waals surface area contributed by atoms with Crippen LogP contribution in [0.5, 0.6) is 0 Å². The van der Waals surface area contributed by atoms with Crippen LogP contribution >= 0.6 is 0 Å². The van der Waals surface area contributed by atoms with Gasteiger partial charge in [-0.3, -0.25) is 0 Å². The van der Waals surface area contributed by atoms with Gasteiger partial charge >= 0.3 is 6.18 Å². The molecule has 1 fully saturated rings. The molecule has 1 aliphatic heterocycles. The molecule has 0 aliphatic carbocycles. The van der Waals surface area contributed by atoms with E-state index in [9.17, 15) is 18.3 Å². The van der Waals surface area contributed by atoms with Crippen molar-refractivity contribution in [3.63, 3.8) is 0 Å². The van der Waals surface area contributed by atoms with Crippen molar-refractivity contribution in [2.24, 2.45) is 0 Å². The number of hydrogen-bond donors (Lipinski definition) is 1. The van der Waals surface area contributed by atoms with Crippen LogP contribution in [-0.4, -0.2) is 24.3 Å². The van der Waals surface area contributed by atoms with Crippen LogP contribution in [0.15, 0.2) is 18.2 Å². The van der Waals surface area contributed by atoms with Crippen molar-refractivity contribution < 1.29 is 18.3 Å². The number of aliphatic hydroxyl groups is 1. The van der Waals surface area contributed by atoms with E-state index < -0.39 is 11.7 Å². The third-order valence-electron chi connectivity index (χ3n) is 3.76. The lowest BCUT2D eigenvalue weighted by molar-refractivity contribution is -0.137. The smallest absolute Gasteiger partial charge is 0.393 e. The quantitative estimate of drug-likeness (QED) is 0.845. The Bertz CT molecular complexity index is 463. The van der Waals surface area contributed by atoms with Gasteiger partial charge in [-0.1, -0.05) is 27.7 Å². The van der Waals surface area contributed by atoms with E-state index in [2.05, 4.69) is 0 Å². The van der Waals surface area contributed by atoms with Crippen LogP contribution in [0.25, 0.3) is 0 Å². The van der Waals surface area contributed by atoms with Gasteiger partial charge in [0, 0.05) is 18.8 Å². The summed E-state index contributed by atoms with van der Waals surface area (Å²) < 4.78 is 38.9. The molecule has 1 aromatic carbocycles. The number of anilines is 1. The number of aliphatic hydroxyl groups excluding tert-OH is 1. The lowest BCUT2D eigenvalue weighted by atomic mass is 9.98. The minimum Gasteiger partial charge on any atom is -0.393 e. The van der Waals surface area contributed by atoms with E-state index in [-0.39, 0.29) is 12.0 Å². The van der Waals surface area contributed by atoms with Crippen LogP contribution in [0.3, 0.4) is 0 Å². The highest BCUT2D eigenvalue weighted by molar-refractivity contribution is 5.53. The highest BCUT2D eigenvalue weighted by Crippen LogP contribution is 2.35. The normalized spacial score (nSPS) is 16.5. The predicted molar refractivity (Wildman–Crippen MR) is 84.3 cm³/mol. The Balaban J connectivity index is 0.00000116. The summed E-state index contributed by atoms with van der Waals surface area (Å²) >= 11 is 0. The first-order valence-electron chi connectivity index (χ1n) is 7.92. The number of alkyl halides is 3. The van der Waals surface area contributed by atoms with Gasteiger partial charge in [0.15, 0.2) is 0 Å². The molecule has 1 aromatic rings. The number of hydrogen-bond acceptors (Lipinski definition) is 2. The second kappa shape index (κ2) is 7.86. The maximum absolute atomic E-state index is 13.0. The number of rotatable bonds is 2. The number of nitrogens with zero attached hydrogens (tertiary/aromatic N) is 1. The molecule has 0 spiro atoms. The molecule has 2 rings (SSSR count). The average molecular weight is 317 g/mol. The fourth-order valence-corrected chi connectivity index (χ4v) is 2.44. The molecule has 0 aromatic heterocycles. The number of piperidine rings is 1. The van der Waals surface area contributed by atoms with Gasteiger partial charge in [0.2, 0.25) is 0 Å². The zero-order valence-corrected chi connectivity index (χ0v) is 13.7. The first kappa shape index (κ1) is 18.8. The Labute approximate surface area is 130 Å². The molecule has 5 heteroatoms. The van der Waals surface area contributed by atoms with Crippen LogP contribution in [0.1, 0.15) is 57.6 Å². The summed E-state index contributed by atoms with van der Waals surface area (Å²) in [4.78, 5) is 1.92. The first-order valence-corrected chi connectivity index (χ1v) is 7.92. The van der Waals surface area contributed by atoms with E-state index in [4.69, 9.17) is 0 Å². The van der Waals surface area contributed by atoms with Crippen molar-refractivity contribution in [1.29, 1.82) is 0 Å². The SMILES string of the molecule is CC.CC(C)c1cc(N2CCC(O)CC2)cc(C(F)(F)F)c1. The van der Waals surface area contributed by atoms with Crippen molar-refractivity contribution in [3.8, 4) is 0 Å². The van der Waals surface area contributed by atoms with E-state index in [1.807, 2.05) is 38.7 Å². The molecule has 2 nitrogen and oxygen atoms in total. The lowest BCUT2D eigenvalue weighted by Gasteiger charge is -2.32. The molecule has 22 heavy (non-hydrogen) atoms. The molecule has 1 heterocycles. The van der Waals surface area contributed by atoms with Gasteiger partial charge in [-0.05, 0) is 42.5 Å². The third kappa shape index (κ3) is 4.90. The molecular weight excluding hydrogens is 291 g/mol. The van der Waals surface area contributed by atoms with Gasteiger partial charge in [-0.25, -0.2) is 0 Å². The fourth-order valence-electron chi connectivity index (χ4n) is 2.44. The second-order valence-corrected chi connectivity index (χ2v) is 5.68. The van der Waals surface area contributed by atoms with Crippen LogP contribution < -0.4 is 4.90 Å². The molecule has 0 radical (unpaired) electrons. The molecule has 0 atom stereocenters. The van der Waals surface area contributed by atoms with E-state index in [1.165, 1.54) is 12.1 Å². The maximum Gasteiger partial charge on any atom is 0.416 e. The molecular formula is C17H26F3NO. The topological polar surface area (TPSA) is 23.5 Å². The largest absolute Gasteiger partial charge is 0.416 e. The summed E-state index contributed by atoms with van der Waals surface area (Å²) in [5.74, 6) is 0.0476. The van der Waals surface area contributed by atoms with Gasteiger partial charge in [0.1, 0.15) is 0 Å². The Kier molecular flexibility index (Phi) is 6.72. The molecule has 0 unspecified atom stereocenters. The molecule has 1 aliphatic rings. The van der Waals surface area contributed by atoms with E-state index in [1.54, 1.807) is 0 Å². The van der Waals surface area contributed by atoms with Crippen LogP contribution in [0.2, 0.25) is 0 Å². The number of benzene rings is 1. The van der Waals surface area contributed by atoms with Crippen LogP contribution in [0, 0.1) is 0 Å². The summed E-state index contributed by atoms with van der Waals surface area (Å²) in [6.07, 6.45) is -3.45. The van der Waals surface area contributed by atoms with Gasteiger partial charge in [-0.2, -0.15) is 13.2 Å². The van der Waals surface area contributed by atoms with E-state index >= 15 is 0 Å². The average Bonchev–Trinajstić information content (AvgIpc) is 2.48. The molecule has 0 saturated carbocycles. The molecule has 126 valence electrons. The van der Waals surface area contributed by atoms with E-state index in [0.717, 1.165) is 0 Å². The minimum absolute atomic E-state index is 0.0476. The van der Waals surface area contributed by atoms with Crippen molar-refractivity contribution in [2.75, 3.05) is 18.0 Å². The molecule has 0 amide bonds. The van der Waals surface area contributed by atoms with Crippen molar-refractivity contribution in [2.45, 2.75) is 58.7 Å². The van der Waals surface area contributed by atoms with Crippen molar-refractivity contribution >= 4 is 5.69 Å². The molecule has 1 N–H and O–H groups in total. The fraction of sp³-hybridized carbons (Fsp3) is 0.647. The second-order valence-electron chi connectivity index (χ2n) is 5.68. The predicted octanol–water partition coefficient (Wildman–Crippen LogP) is 4.82. The van der Waals surface area contributed by atoms with E-state index in [0.29, 0.717) is 37.2 Å². The number of halogens is 3. The summed E-state index contributed by atoms with van der Waals surface area (Å²) in [6.45, 7) is 8.97. The zero-order valence-electron chi connectivity index (χ0n) is 13.7. The lowest BCUT2D eigenvalue weighted by Crippen LogP contribution is -2.36.